The lowest BCUT2D eigenvalue weighted by atomic mass is 10.2. The van der Waals surface area contributed by atoms with Gasteiger partial charge in [0.2, 0.25) is 0 Å². The summed E-state index contributed by atoms with van der Waals surface area (Å²) in [6, 6.07) is 0. The molecule has 0 aliphatic carbocycles. The molecule has 0 aliphatic heterocycles. The molecule has 13 heavy (non-hydrogen) atoms. The highest BCUT2D eigenvalue weighted by Crippen LogP contribution is 2.16. The van der Waals surface area contributed by atoms with Gasteiger partial charge in [-0.25, -0.2) is 0 Å². The molecule has 0 saturated heterocycles. The van der Waals surface area contributed by atoms with Gasteiger partial charge in [0, 0.05) is 30.4 Å². The van der Waals surface area contributed by atoms with Gasteiger partial charge in [-0.3, -0.25) is 9.67 Å². The number of fused-ring (bicyclic) bond motifs is 1. The van der Waals surface area contributed by atoms with Gasteiger partial charge in [-0.05, 0) is 6.92 Å². The average Bonchev–Trinajstić information content (AvgIpc) is 2.47. The van der Waals surface area contributed by atoms with Crippen molar-refractivity contribution in [1.82, 2.24) is 14.8 Å². The van der Waals surface area contributed by atoms with Crippen molar-refractivity contribution >= 4 is 17.0 Å². The van der Waals surface area contributed by atoms with Crippen LogP contribution < -0.4 is 0 Å². The molecule has 3 nitrogen and oxygen atoms in total. The fourth-order valence-electron chi connectivity index (χ4n) is 1.39. The van der Waals surface area contributed by atoms with E-state index < -0.39 is 0 Å². The van der Waals surface area contributed by atoms with E-state index in [1.54, 1.807) is 10.9 Å². The minimum absolute atomic E-state index is 0.943. The highest BCUT2D eigenvalue weighted by Gasteiger charge is 2.01. The lowest BCUT2D eigenvalue weighted by Gasteiger charge is -1.92. The second-order valence-electron chi connectivity index (χ2n) is 2.96. The molecule has 2 aromatic heterocycles. The Labute approximate surface area is 76.7 Å². The summed E-state index contributed by atoms with van der Waals surface area (Å²) < 4.78 is 1.80. The van der Waals surface area contributed by atoms with Crippen LogP contribution in [-0.4, -0.2) is 14.8 Å². The Morgan fingerprint density at radius 1 is 1.38 bits per heavy atom. The van der Waals surface area contributed by atoms with Crippen LogP contribution in [0.25, 0.3) is 17.0 Å². The SMILES string of the molecule is CC=Cc1cncc2nn(C)cc12. The van der Waals surface area contributed by atoms with Gasteiger partial charge in [-0.15, -0.1) is 0 Å². The van der Waals surface area contributed by atoms with Crippen molar-refractivity contribution in [3.05, 3.63) is 30.2 Å². The number of rotatable bonds is 1. The summed E-state index contributed by atoms with van der Waals surface area (Å²) in [5.41, 5.74) is 2.06. The molecule has 66 valence electrons. The first-order chi connectivity index (χ1) is 6.31. The van der Waals surface area contributed by atoms with E-state index in [1.165, 1.54) is 0 Å². The van der Waals surface area contributed by atoms with Crippen molar-refractivity contribution in [3.8, 4) is 0 Å². The minimum atomic E-state index is 0.943. The van der Waals surface area contributed by atoms with E-state index in [2.05, 4.69) is 10.1 Å². The van der Waals surface area contributed by atoms with Crippen LogP contribution in [0, 0.1) is 0 Å². The molecule has 2 rings (SSSR count). The molecule has 2 aromatic rings. The first-order valence-corrected chi connectivity index (χ1v) is 4.21. The zero-order chi connectivity index (χ0) is 9.26. The predicted molar refractivity (Wildman–Crippen MR) is 53.2 cm³/mol. The van der Waals surface area contributed by atoms with Gasteiger partial charge in [0.05, 0.1) is 6.20 Å². The first kappa shape index (κ1) is 7.98. The topological polar surface area (TPSA) is 30.7 Å². The van der Waals surface area contributed by atoms with Gasteiger partial charge in [-0.2, -0.15) is 5.10 Å². The molecule has 0 aliphatic rings. The van der Waals surface area contributed by atoms with Crippen LogP contribution in [0.15, 0.2) is 24.7 Å². The molecule has 0 spiro atoms. The molecule has 0 fully saturated rings. The molecule has 0 N–H and O–H groups in total. The number of aryl methyl sites for hydroxylation is 1. The van der Waals surface area contributed by atoms with Gasteiger partial charge in [0.15, 0.2) is 0 Å². The van der Waals surface area contributed by atoms with Gasteiger partial charge < -0.3 is 0 Å². The second-order valence-corrected chi connectivity index (χ2v) is 2.96. The molecule has 0 bridgehead atoms. The summed E-state index contributed by atoms with van der Waals surface area (Å²) in [5, 5.41) is 5.43. The number of pyridine rings is 1. The van der Waals surface area contributed by atoms with Crippen molar-refractivity contribution in [1.29, 1.82) is 0 Å². The Morgan fingerprint density at radius 3 is 3.00 bits per heavy atom. The lowest BCUT2D eigenvalue weighted by molar-refractivity contribution is 0.779. The maximum absolute atomic E-state index is 4.28. The van der Waals surface area contributed by atoms with Crippen LogP contribution in [0.3, 0.4) is 0 Å². The Balaban J connectivity index is 2.74. The molecule has 0 amide bonds. The quantitative estimate of drug-likeness (QED) is 0.660. The van der Waals surface area contributed by atoms with Gasteiger partial charge in [0.25, 0.3) is 0 Å². The van der Waals surface area contributed by atoms with E-state index in [0.717, 1.165) is 16.5 Å². The Kier molecular flexibility index (Phi) is 1.85. The maximum atomic E-state index is 4.28. The summed E-state index contributed by atoms with van der Waals surface area (Å²) in [6.07, 6.45) is 9.68. The van der Waals surface area contributed by atoms with Gasteiger partial charge >= 0.3 is 0 Å². The molecule has 3 heteroatoms. The van der Waals surface area contributed by atoms with E-state index >= 15 is 0 Å². The third-order valence-corrected chi connectivity index (χ3v) is 1.93. The zero-order valence-electron chi connectivity index (χ0n) is 7.73. The average molecular weight is 173 g/mol. The fourth-order valence-corrected chi connectivity index (χ4v) is 1.39. The summed E-state index contributed by atoms with van der Waals surface area (Å²) in [6.45, 7) is 2.00. The Bertz CT molecular complexity index is 454. The van der Waals surface area contributed by atoms with Crippen molar-refractivity contribution < 1.29 is 0 Å². The molecule has 0 aromatic carbocycles. The van der Waals surface area contributed by atoms with E-state index in [1.807, 2.05) is 38.5 Å². The van der Waals surface area contributed by atoms with Crippen LogP contribution in [0.1, 0.15) is 12.5 Å². The molecular weight excluding hydrogens is 162 g/mol. The summed E-state index contributed by atoms with van der Waals surface area (Å²) >= 11 is 0. The summed E-state index contributed by atoms with van der Waals surface area (Å²) in [4.78, 5) is 4.12. The van der Waals surface area contributed by atoms with E-state index in [0.29, 0.717) is 0 Å². The Morgan fingerprint density at radius 2 is 2.23 bits per heavy atom. The Hall–Kier alpha value is -1.64. The van der Waals surface area contributed by atoms with E-state index in [-0.39, 0.29) is 0 Å². The number of hydrogen-bond donors (Lipinski definition) is 0. The first-order valence-electron chi connectivity index (χ1n) is 4.21. The van der Waals surface area contributed by atoms with Crippen molar-refractivity contribution in [2.24, 2.45) is 7.05 Å². The minimum Gasteiger partial charge on any atom is -0.275 e. The predicted octanol–water partition coefficient (Wildman–Crippen LogP) is 2.00. The normalized spacial score (nSPS) is 11.5. The van der Waals surface area contributed by atoms with Crippen LogP contribution >= 0.6 is 0 Å². The number of hydrogen-bond acceptors (Lipinski definition) is 2. The summed E-state index contributed by atoms with van der Waals surface area (Å²) in [5.74, 6) is 0. The molecule has 0 radical (unpaired) electrons. The van der Waals surface area contributed by atoms with Crippen molar-refractivity contribution in [2.75, 3.05) is 0 Å². The monoisotopic (exact) mass is 173 g/mol. The van der Waals surface area contributed by atoms with Crippen molar-refractivity contribution in [3.63, 3.8) is 0 Å². The standard InChI is InChI=1S/C10H11N3/c1-3-4-8-5-11-6-10-9(8)7-13(2)12-10/h3-7H,1-2H3. The molecule has 2 heterocycles. The molecular formula is C10H11N3. The van der Waals surface area contributed by atoms with Crippen molar-refractivity contribution in [2.45, 2.75) is 6.92 Å². The fraction of sp³-hybridized carbons (Fsp3) is 0.200. The van der Waals surface area contributed by atoms with E-state index in [9.17, 15) is 0 Å². The number of nitrogens with zero attached hydrogens (tertiary/aromatic N) is 3. The zero-order valence-corrected chi connectivity index (χ0v) is 7.73. The largest absolute Gasteiger partial charge is 0.275 e. The molecule has 0 unspecified atom stereocenters. The third kappa shape index (κ3) is 1.33. The van der Waals surface area contributed by atoms with Crippen LogP contribution in [0.4, 0.5) is 0 Å². The van der Waals surface area contributed by atoms with Gasteiger partial charge in [0.1, 0.15) is 5.52 Å². The van der Waals surface area contributed by atoms with Crippen LogP contribution in [0.2, 0.25) is 0 Å². The second kappa shape index (κ2) is 3.01. The highest BCUT2D eigenvalue weighted by atomic mass is 15.2. The van der Waals surface area contributed by atoms with Crippen LogP contribution in [0.5, 0.6) is 0 Å². The third-order valence-electron chi connectivity index (χ3n) is 1.93. The smallest absolute Gasteiger partial charge is 0.111 e. The van der Waals surface area contributed by atoms with Crippen LogP contribution in [-0.2, 0) is 7.05 Å². The maximum Gasteiger partial charge on any atom is 0.111 e. The lowest BCUT2D eigenvalue weighted by Crippen LogP contribution is -1.84. The number of aromatic nitrogens is 3. The molecule has 0 atom stereocenters. The number of allylic oxidation sites excluding steroid dienone is 1. The highest BCUT2D eigenvalue weighted by molar-refractivity contribution is 5.86. The van der Waals surface area contributed by atoms with E-state index in [4.69, 9.17) is 0 Å². The van der Waals surface area contributed by atoms with Gasteiger partial charge in [-0.1, -0.05) is 12.2 Å². The molecule has 0 saturated carbocycles. The summed E-state index contributed by atoms with van der Waals surface area (Å²) in [7, 11) is 1.92.